The van der Waals surface area contributed by atoms with E-state index in [0.717, 1.165) is 22.6 Å². The van der Waals surface area contributed by atoms with Gasteiger partial charge in [0.25, 0.3) is 10.0 Å². The van der Waals surface area contributed by atoms with Crippen LogP contribution < -0.4 is 4.72 Å². The molecule has 9 nitrogen and oxygen atoms in total. The number of nitrogens with one attached hydrogen (secondary N) is 1. The summed E-state index contributed by atoms with van der Waals surface area (Å²) in [7, 11) is -4.06. The molecule has 0 aliphatic heterocycles. The van der Waals surface area contributed by atoms with Crippen LogP contribution in [0.15, 0.2) is 70.9 Å². The molecular weight excluding hydrogens is 450 g/mol. The van der Waals surface area contributed by atoms with E-state index in [-0.39, 0.29) is 16.5 Å². The van der Waals surface area contributed by atoms with Gasteiger partial charge in [0.05, 0.1) is 10.6 Å². The summed E-state index contributed by atoms with van der Waals surface area (Å²) < 4.78 is 27.9. The van der Waals surface area contributed by atoms with Crippen molar-refractivity contribution in [3.63, 3.8) is 0 Å². The summed E-state index contributed by atoms with van der Waals surface area (Å²) in [6.45, 7) is 1.97. The molecule has 1 unspecified atom stereocenters. The minimum Gasteiger partial charge on any atom is -0.480 e. The SMILES string of the molecule is Cc1ccc(-n2nnc(-c3ccc(S(=O)(=O)NC(Cc4ccccc4)C(=O)O)s3)n2)cc1. The summed E-state index contributed by atoms with van der Waals surface area (Å²) in [6, 6.07) is 18.1. The molecule has 32 heavy (non-hydrogen) atoms. The Morgan fingerprint density at radius 1 is 1.09 bits per heavy atom. The van der Waals surface area contributed by atoms with Gasteiger partial charge in [-0.3, -0.25) is 4.79 Å². The first-order valence-corrected chi connectivity index (χ1v) is 11.9. The van der Waals surface area contributed by atoms with Crippen molar-refractivity contribution in [3.8, 4) is 16.4 Å². The van der Waals surface area contributed by atoms with Crippen LogP contribution in [-0.2, 0) is 21.2 Å². The third kappa shape index (κ3) is 4.90. The number of benzene rings is 2. The summed E-state index contributed by atoms with van der Waals surface area (Å²) in [5.74, 6) is -0.979. The zero-order valence-electron chi connectivity index (χ0n) is 16.9. The highest BCUT2D eigenvalue weighted by Gasteiger charge is 2.27. The Labute approximate surface area is 188 Å². The zero-order valence-corrected chi connectivity index (χ0v) is 18.5. The summed E-state index contributed by atoms with van der Waals surface area (Å²) >= 11 is 0.942. The van der Waals surface area contributed by atoms with Crippen LogP contribution in [0.5, 0.6) is 0 Å². The zero-order chi connectivity index (χ0) is 22.7. The first-order chi connectivity index (χ1) is 15.3. The molecule has 4 aromatic rings. The number of nitrogens with zero attached hydrogens (tertiary/aromatic N) is 4. The Kier molecular flexibility index (Phi) is 6.12. The van der Waals surface area contributed by atoms with Crippen molar-refractivity contribution in [2.45, 2.75) is 23.6 Å². The molecule has 2 aromatic carbocycles. The quantitative estimate of drug-likeness (QED) is 0.406. The number of aliphatic carboxylic acids is 1. The van der Waals surface area contributed by atoms with Gasteiger partial charge in [0.2, 0.25) is 5.82 Å². The summed E-state index contributed by atoms with van der Waals surface area (Å²) in [5.41, 5.74) is 2.54. The maximum atomic E-state index is 12.8. The molecule has 4 rings (SSSR count). The number of hydrogen-bond donors (Lipinski definition) is 2. The molecule has 2 aromatic heterocycles. The van der Waals surface area contributed by atoms with Gasteiger partial charge in [0.1, 0.15) is 10.3 Å². The predicted octanol–water partition coefficient (Wildman–Crippen LogP) is 2.67. The molecule has 0 aliphatic carbocycles. The Balaban J connectivity index is 1.53. The van der Waals surface area contributed by atoms with Crippen LogP contribution >= 0.6 is 11.3 Å². The van der Waals surface area contributed by atoms with Gasteiger partial charge in [-0.25, -0.2) is 8.42 Å². The summed E-state index contributed by atoms with van der Waals surface area (Å²) in [6.07, 6.45) is 0.0278. The number of rotatable bonds is 8. The van der Waals surface area contributed by atoms with Gasteiger partial charge in [-0.2, -0.15) is 4.72 Å². The molecule has 0 fully saturated rings. The van der Waals surface area contributed by atoms with Crippen LogP contribution in [0.4, 0.5) is 0 Å². The Morgan fingerprint density at radius 3 is 2.50 bits per heavy atom. The highest BCUT2D eigenvalue weighted by Crippen LogP contribution is 2.28. The fraction of sp³-hybridized carbons (Fsp3) is 0.143. The number of hydrogen-bond acceptors (Lipinski definition) is 7. The van der Waals surface area contributed by atoms with Crippen LogP contribution in [-0.4, -0.2) is 45.7 Å². The Bertz CT molecular complexity index is 1330. The summed E-state index contributed by atoms with van der Waals surface area (Å²) in [4.78, 5) is 13.5. The molecule has 0 amide bonds. The normalized spacial score (nSPS) is 12.5. The second kappa shape index (κ2) is 8.99. The number of thiophene rings is 1. The lowest BCUT2D eigenvalue weighted by molar-refractivity contribution is -0.138. The van der Waals surface area contributed by atoms with Crippen LogP contribution in [0, 0.1) is 6.92 Å². The second-order valence-corrected chi connectivity index (χ2v) is 10.1. The van der Waals surface area contributed by atoms with E-state index in [4.69, 9.17) is 0 Å². The molecule has 0 radical (unpaired) electrons. The maximum Gasteiger partial charge on any atom is 0.322 e. The molecular formula is C21H19N5O4S2. The predicted molar refractivity (Wildman–Crippen MR) is 119 cm³/mol. The Morgan fingerprint density at radius 2 is 1.81 bits per heavy atom. The largest absolute Gasteiger partial charge is 0.480 e. The number of carboxylic acid groups (broad SMARTS) is 1. The lowest BCUT2D eigenvalue weighted by Crippen LogP contribution is -2.42. The van der Waals surface area contributed by atoms with Gasteiger partial charge in [-0.1, -0.05) is 48.0 Å². The van der Waals surface area contributed by atoms with Crippen molar-refractivity contribution >= 4 is 27.3 Å². The average molecular weight is 470 g/mol. The highest BCUT2D eigenvalue weighted by molar-refractivity contribution is 7.91. The van der Waals surface area contributed by atoms with Crippen molar-refractivity contribution in [1.82, 2.24) is 24.9 Å². The smallest absolute Gasteiger partial charge is 0.322 e. The topological polar surface area (TPSA) is 127 Å². The molecule has 11 heteroatoms. The minimum absolute atomic E-state index is 0.0278. The van der Waals surface area contributed by atoms with E-state index in [1.807, 2.05) is 31.2 Å². The molecule has 1 atom stereocenters. The van der Waals surface area contributed by atoms with Gasteiger partial charge in [0.15, 0.2) is 0 Å². The van der Waals surface area contributed by atoms with E-state index in [0.29, 0.717) is 10.4 Å². The monoisotopic (exact) mass is 469 g/mol. The summed E-state index contributed by atoms with van der Waals surface area (Å²) in [5, 5.41) is 21.8. The fourth-order valence-electron chi connectivity index (χ4n) is 2.96. The van der Waals surface area contributed by atoms with Crippen molar-refractivity contribution in [1.29, 1.82) is 0 Å². The Hall–Kier alpha value is -3.41. The second-order valence-electron chi connectivity index (χ2n) is 7.06. The molecule has 164 valence electrons. The number of aromatic nitrogens is 4. The number of sulfonamides is 1. The average Bonchev–Trinajstić information content (AvgIpc) is 3.45. The third-order valence-corrected chi connectivity index (χ3v) is 7.67. The van der Waals surface area contributed by atoms with Crippen molar-refractivity contribution in [2.75, 3.05) is 0 Å². The maximum absolute atomic E-state index is 12.8. The van der Waals surface area contributed by atoms with E-state index in [1.165, 1.54) is 10.9 Å². The molecule has 0 bridgehead atoms. The van der Waals surface area contributed by atoms with Crippen LogP contribution in [0.25, 0.3) is 16.4 Å². The van der Waals surface area contributed by atoms with Gasteiger partial charge in [-0.15, -0.1) is 26.3 Å². The van der Waals surface area contributed by atoms with Crippen LogP contribution in [0.1, 0.15) is 11.1 Å². The lowest BCUT2D eigenvalue weighted by Gasteiger charge is -2.14. The van der Waals surface area contributed by atoms with Crippen molar-refractivity contribution in [2.24, 2.45) is 0 Å². The van der Waals surface area contributed by atoms with Crippen LogP contribution in [0.3, 0.4) is 0 Å². The van der Waals surface area contributed by atoms with E-state index >= 15 is 0 Å². The highest BCUT2D eigenvalue weighted by atomic mass is 32.2. The molecule has 0 saturated carbocycles. The van der Waals surface area contributed by atoms with E-state index in [2.05, 4.69) is 20.1 Å². The van der Waals surface area contributed by atoms with Gasteiger partial charge in [0, 0.05) is 0 Å². The lowest BCUT2D eigenvalue weighted by atomic mass is 10.1. The molecule has 2 heterocycles. The third-order valence-electron chi connectivity index (χ3n) is 4.62. The number of tetrazole rings is 1. The first-order valence-electron chi connectivity index (χ1n) is 9.58. The number of carbonyl (C=O) groups is 1. The van der Waals surface area contributed by atoms with E-state index in [9.17, 15) is 18.3 Å². The van der Waals surface area contributed by atoms with Crippen LogP contribution in [0.2, 0.25) is 0 Å². The minimum atomic E-state index is -4.06. The van der Waals surface area contributed by atoms with E-state index < -0.39 is 22.0 Å². The van der Waals surface area contributed by atoms with Crippen molar-refractivity contribution < 1.29 is 18.3 Å². The van der Waals surface area contributed by atoms with E-state index in [1.54, 1.807) is 36.4 Å². The fourth-order valence-corrected chi connectivity index (χ4v) is 5.40. The first kappa shape index (κ1) is 21.8. The number of carboxylic acids is 1. The van der Waals surface area contributed by atoms with Gasteiger partial charge in [-0.05, 0) is 48.4 Å². The molecule has 0 saturated heterocycles. The molecule has 0 aliphatic rings. The number of aryl methyl sites for hydroxylation is 1. The van der Waals surface area contributed by atoms with Gasteiger partial charge >= 0.3 is 5.97 Å². The standard InChI is InChI=1S/C21H19N5O4S2/c1-14-7-9-16(10-8-14)26-23-20(22-25-26)18-11-12-19(31-18)32(29,30)24-17(21(27)28)13-15-5-3-2-4-6-15/h2-12,17,24H,13H2,1H3,(H,27,28). The van der Waals surface area contributed by atoms with Crippen molar-refractivity contribution in [3.05, 3.63) is 77.9 Å². The van der Waals surface area contributed by atoms with Gasteiger partial charge < -0.3 is 5.11 Å². The molecule has 2 N–H and O–H groups in total. The molecule has 0 spiro atoms.